The van der Waals surface area contributed by atoms with E-state index < -0.39 is 0 Å². The van der Waals surface area contributed by atoms with Crippen LogP contribution in [0.25, 0.3) is 0 Å². The fraction of sp³-hybridized carbons (Fsp3) is 0.455. The van der Waals surface area contributed by atoms with E-state index >= 15 is 0 Å². The summed E-state index contributed by atoms with van der Waals surface area (Å²) < 4.78 is 0. The summed E-state index contributed by atoms with van der Waals surface area (Å²) in [7, 11) is 0. The molecule has 1 aromatic carbocycles. The van der Waals surface area contributed by atoms with Crippen LogP contribution in [0.3, 0.4) is 0 Å². The van der Waals surface area contributed by atoms with Crippen molar-refractivity contribution in [2.75, 3.05) is 13.1 Å². The molecule has 1 aliphatic heterocycles. The molecule has 1 heterocycles. The SMILES string of the molecule is O=[N+]([O-])c1ccccc1CN1CC[C@H](O)C1. The van der Waals surface area contributed by atoms with E-state index in [0.29, 0.717) is 18.7 Å². The van der Waals surface area contributed by atoms with Crippen molar-refractivity contribution in [2.24, 2.45) is 0 Å². The highest BCUT2D eigenvalue weighted by atomic mass is 16.6. The molecule has 0 amide bonds. The molecule has 0 aliphatic carbocycles. The Hall–Kier alpha value is -1.46. The normalized spacial score (nSPS) is 21.2. The Balaban J connectivity index is 2.12. The van der Waals surface area contributed by atoms with Crippen molar-refractivity contribution < 1.29 is 10.0 Å². The van der Waals surface area contributed by atoms with Crippen molar-refractivity contribution in [3.8, 4) is 0 Å². The first kappa shape index (κ1) is 11.0. The Labute approximate surface area is 93.5 Å². The summed E-state index contributed by atoms with van der Waals surface area (Å²) in [4.78, 5) is 12.5. The first-order valence-corrected chi connectivity index (χ1v) is 5.29. The summed E-state index contributed by atoms with van der Waals surface area (Å²) in [5, 5.41) is 20.2. The maximum absolute atomic E-state index is 10.8. The molecule has 1 atom stereocenters. The molecule has 1 aliphatic rings. The van der Waals surface area contributed by atoms with E-state index in [1.165, 1.54) is 6.07 Å². The molecule has 5 nitrogen and oxygen atoms in total. The van der Waals surface area contributed by atoms with Crippen molar-refractivity contribution in [1.82, 2.24) is 4.90 Å². The van der Waals surface area contributed by atoms with Gasteiger partial charge in [-0.05, 0) is 6.42 Å². The highest BCUT2D eigenvalue weighted by Gasteiger charge is 2.22. The number of para-hydroxylation sites is 1. The minimum atomic E-state index is -0.359. The standard InChI is InChI=1S/C11H14N2O3/c14-10-5-6-12(8-10)7-9-3-1-2-4-11(9)13(15)16/h1-4,10,14H,5-8H2/t10-/m0/s1. The van der Waals surface area contributed by atoms with Gasteiger partial charge in [-0.15, -0.1) is 0 Å². The van der Waals surface area contributed by atoms with E-state index in [0.717, 1.165) is 13.0 Å². The summed E-state index contributed by atoms with van der Waals surface area (Å²) in [5.41, 5.74) is 0.866. The summed E-state index contributed by atoms with van der Waals surface area (Å²) in [6, 6.07) is 6.75. The fourth-order valence-corrected chi connectivity index (χ4v) is 2.02. The number of hydrogen-bond acceptors (Lipinski definition) is 4. The maximum atomic E-state index is 10.8. The van der Waals surface area contributed by atoms with Gasteiger partial charge in [0.15, 0.2) is 0 Å². The van der Waals surface area contributed by atoms with Crippen LogP contribution in [-0.2, 0) is 6.54 Å². The van der Waals surface area contributed by atoms with Crippen LogP contribution in [-0.4, -0.2) is 34.1 Å². The summed E-state index contributed by atoms with van der Waals surface area (Å²) >= 11 is 0. The predicted octanol–water partition coefficient (Wildman–Crippen LogP) is 1.16. The van der Waals surface area contributed by atoms with Crippen LogP contribution in [0.5, 0.6) is 0 Å². The van der Waals surface area contributed by atoms with Gasteiger partial charge in [0.2, 0.25) is 0 Å². The molecule has 0 unspecified atom stereocenters. The Kier molecular flexibility index (Phi) is 3.17. The number of nitro groups is 1. The lowest BCUT2D eigenvalue weighted by Crippen LogP contribution is -2.21. The van der Waals surface area contributed by atoms with Gasteiger partial charge in [-0.3, -0.25) is 15.0 Å². The largest absolute Gasteiger partial charge is 0.392 e. The smallest absolute Gasteiger partial charge is 0.273 e. The van der Waals surface area contributed by atoms with Crippen molar-refractivity contribution in [2.45, 2.75) is 19.1 Å². The molecule has 1 fully saturated rings. The van der Waals surface area contributed by atoms with E-state index in [1.807, 2.05) is 4.90 Å². The van der Waals surface area contributed by atoms with Crippen LogP contribution in [0.2, 0.25) is 0 Å². The van der Waals surface area contributed by atoms with Crippen LogP contribution in [0.1, 0.15) is 12.0 Å². The van der Waals surface area contributed by atoms with Gasteiger partial charge >= 0.3 is 0 Å². The monoisotopic (exact) mass is 222 g/mol. The van der Waals surface area contributed by atoms with Gasteiger partial charge in [-0.2, -0.15) is 0 Å². The third-order valence-corrected chi connectivity index (χ3v) is 2.83. The number of likely N-dealkylation sites (tertiary alicyclic amines) is 1. The molecule has 0 saturated carbocycles. The predicted molar refractivity (Wildman–Crippen MR) is 59.0 cm³/mol. The van der Waals surface area contributed by atoms with Crippen molar-refractivity contribution in [3.05, 3.63) is 39.9 Å². The minimum Gasteiger partial charge on any atom is -0.392 e. The average molecular weight is 222 g/mol. The van der Waals surface area contributed by atoms with Gasteiger partial charge in [0, 0.05) is 31.3 Å². The highest BCUT2D eigenvalue weighted by molar-refractivity contribution is 5.39. The van der Waals surface area contributed by atoms with E-state index in [4.69, 9.17) is 0 Å². The lowest BCUT2D eigenvalue weighted by atomic mass is 10.1. The number of hydrogen-bond donors (Lipinski definition) is 1. The molecular weight excluding hydrogens is 208 g/mol. The molecule has 0 bridgehead atoms. The number of benzene rings is 1. The summed E-state index contributed by atoms with van der Waals surface area (Å²) in [6.07, 6.45) is 0.462. The molecule has 0 aromatic heterocycles. The maximum Gasteiger partial charge on any atom is 0.273 e. The Morgan fingerprint density at radius 2 is 2.25 bits per heavy atom. The first-order valence-electron chi connectivity index (χ1n) is 5.29. The summed E-state index contributed by atoms with van der Waals surface area (Å²) in [5.74, 6) is 0. The van der Waals surface area contributed by atoms with Crippen LogP contribution in [0, 0.1) is 10.1 Å². The highest BCUT2D eigenvalue weighted by Crippen LogP contribution is 2.21. The second-order valence-corrected chi connectivity index (χ2v) is 4.06. The second kappa shape index (κ2) is 4.59. The Morgan fingerprint density at radius 1 is 1.50 bits per heavy atom. The van der Waals surface area contributed by atoms with Crippen molar-refractivity contribution in [1.29, 1.82) is 0 Å². The van der Waals surface area contributed by atoms with Crippen LogP contribution in [0.15, 0.2) is 24.3 Å². The van der Waals surface area contributed by atoms with Crippen LogP contribution >= 0.6 is 0 Å². The zero-order valence-corrected chi connectivity index (χ0v) is 8.87. The van der Waals surface area contributed by atoms with Crippen molar-refractivity contribution >= 4 is 5.69 Å². The lowest BCUT2D eigenvalue weighted by molar-refractivity contribution is -0.385. The average Bonchev–Trinajstić information content (AvgIpc) is 2.64. The van der Waals surface area contributed by atoms with Gasteiger partial charge in [0.1, 0.15) is 0 Å². The van der Waals surface area contributed by atoms with Gasteiger partial charge in [-0.25, -0.2) is 0 Å². The van der Waals surface area contributed by atoms with Crippen molar-refractivity contribution in [3.63, 3.8) is 0 Å². The molecule has 16 heavy (non-hydrogen) atoms. The molecule has 0 radical (unpaired) electrons. The molecule has 1 saturated heterocycles. The molecule has 2 rings (SSSR count). The number of nitro benzene ring substituents is 1. The second-order valence-electron chi connectivity index (χ2n) is 4.06. The fourth-order valence-electron chi connectivity index (χ4n) is 2.02. The van der Waals surface area contributed by atoms with E-state index in [-0.39, 0.29) is 16.7 Å². The molecule has 5 heteroatoms. The Morgan fingerprint density at radius 3 is 2.88 bits per heavy atom. The molecular formula is C11H14N2O3. The number of aliphatic hydroxyl groups excluding tert-OH is 1. The van der Waals surface area contributed by atoms with E-state index in [2.05, 4.69) is 0 Å². The van der Waals surface area contributed by atoms with Gasteiger partial charge in [0.25, 0.3) is 5.69 Å². The molecule has 1 aromatic rings. The zero-order chi connectivity index (χ0) is 11.5. The molecule has 0 spiro atoms. The lowest BCUT2D eigenvalue weighted by Gasteiger charge is -2.14. The van der Waals surface area contributed by atoms with E-state index in [1.54, 1.807) is 18.2 Å². The topological polar surface area (TPSA) is 66.6 Å². The summed E-state index contributed by atoms with van der Waals surface area (Å²) in [6.45, 7) is 1.94. The zero-order valence-electron chi connectivity index (χ0n) is 8.87. The number of nitrogens with zero attached hydrogens (tertiary/aromatic N) is 2. The molecule has 1 N–H and O–H groups in total. The quantitative estimate of drug-likeness (QED) is 0.615. The number of aliphatic hydroxyl groups is 1. The first-order chi connectivity index (χ1) is 7.66. The van der Waals surface area contributed by atoms with Crippen LogP contribution < -0.4 is 0 Å². The number of β-amino-alcohol motifs (C(OH)–C–C–N with tert-alkyl or cyclic N) is 1. The van der Waals surface area contributed by atoms with Gasteiger partial charge < -0.3 is 5.11 Å². The third-order valence-electron chi connectivity index (χ3n) is 2.83. The minimum absolute atomic E-state index is 0.156. The van der Waals surface area contributed by atoms with Gasteiger partial charge in [-0.1, -0.05) is 18.2 Å². The Bertz CT molecular complexity index is 395. The van der Waals surface area contributed by atoms with Crippen LogP contribution in [0.4, 0.5) is 5.69 Å². The molecule has 86 valence electrons. The van der Waals surface area contributed by atoms with E-state index in [9.17, 15) is 15.2 Å². The number of rotatable bonds is 3. The van der Waals surface area contributed by atoms with Gasteiger partial charge in [0.05, 0.1) is 11.0 Å². The third kappa shape index (κ3) is 2.37.